The lowest BCUT2D eigenvalue weighted by Crippen LogP contribution is -2.55. The molecular weight excluding hydrogens is 454 g/mol. The molecule has 0 saturated carbocycles. The molecule has 1 aliphatic rings. The third-order valence-electron chi connectivity index (χ3n) is 6.21. The molecule has 3 aromatic rings. The molecule has 2 N–H and O–H groups in total. The van der Waals surface area contributed by atoms with Gasteiger partial charge in [-0.15, -0.1) is 11.3 Å². The zero-order chi connectivity index (χ0) is 23.9. The maximum atomic E-state index is 10.5. The lowest BCUT2D eigenvalue weighted by molar-refractivity contribution is 0.120. The van der Waals surface area contributed by atoms with E-state index in [0.717, 1.165) is 38.0 Å². The van der Waals surface area contributed by atoms with Gasteiger partial charge < -0.3 is 5.32 Å². The van der Waals surface area contributed by atoms with Gasteiger partial charge in [0.2, 0.25) is 0 Å². The first-order valence-electron chi connectivity index (χ1n) is 11.3. The minimum absolute atomic E-state index is 0.0495. The van der Waals surface area contributed by atoms with Crippen LogP contribution < -0.4 is 5.32 Å². The van der Waals surface area contributed by atoms with Crippen LogP contribution in [-0.4, -0.2) is 48.7 Å². The number of rotatable bonds is 6. The zero-order valence-electron chi connectivity index (χ0n) is 19.4. The van der Waals surface area contributed by atoms with E-state index in [9.17, 15) is 8.42 Å². The van der Waals surface area contributed by atoms with Crippen molar-refractivity contribution in [3.8, 4) is 0 Å². The maximum absolute atomic E-state index is 10.5. The number of nitrogens with zero attached hydrogens (tertiary/aromatic N) is 2. The number of hydrogen-bond donors (Lipinski definition) is 2. The minimum Gasteiger partial charge on any atom is -0.302 e. The van der Waals surface area contributed by atoms with Crippen molar-refractivity contribution in [3.05, 3.63) is 82.3 Å². The third kappa shape index (κ3) is 6.28. The van der Waals surface area contributed by atoms with Gasteiger partial charge in [0.1, 0.15) is 5.01 Å². The minimum atomic E-state index is -4.02. The van der Waals surface area contributed by atoms with E-state index in [1.54, 1.807) is 23.5 Å². The molecule has 0 aliphatic carbocycles. The summed E-state index contributed by atoms with van der Waals surface area (Å²) in [7, 11) is -4.02. The molecule has 33 heavy (non-hydrogen) atoms. The van der Waals surface area contributed by atoms with E-state index in [0.29, 0.717) is 6.17 Å². The molecule has 0 amide bonds. The summed E-state index contributed by atoms with van der Waals surface area (Å²) in [5, 5.41) is 7.08. The molecule has 1 saturated heterocycles. The SMILES string of the molecule is CCN(CC)C1CC(c2ccccc2)(c2nccs2)CCN1.Cc1ccc(S(=O)(=O)O)cc1. The fourth-order valence-corrected chi connectivity index (χ4v) is 5.77. The lowest BCUT2D eigenvalue weighted by atomic mass is 9.72. The van der Waals surface area contributed by atoms with E-state index in [4.69, 9.17) is 9.54 Å². The van der Waals surface area contributed by atoms with Crippen LogP contribution in [0.25, 0.3) is 0 Å². The van der Waals surface area contributed by atoms with Gasteiger partial charge in [-0.3, -0.25) is 9.45 Å². The molecule has 1 fully saturated rings. The monoisotopic (exact) mass is 487 g/mol. The van der Waals surface area contributed by atoms with Crippen molar-refractivity contribution in [2.45, 2.75) is 50.1 Å². The number of piperidine rings is 1. The Kier molecular flexibility index (Phi) is 8.78. The van der Waals surface area contributed by atoms with Gasteiger partial charge in [-0.05, 0) is 57.1 Å². The predicted octanol–water partition coefficient (Wildman–Crippen LogP) is 4.72. The molecular formula is C25H33N3O3S2. The van der Waals surface area contributed by atoms with E-state index in [1.807, 2.05) is 13.1 Å². The summed E-state index contributed by atoms with van der Waals surface area (Å²) >= 11 is 1.79. The summed E-state index contributed by atoms with van der Waals surface area (Å²) in [5.41, 5.74) is 2.41. The third-order valence-corrected chi connectivity index (χ3v) is 8.06. The number of hydrogen-bond acceptors (Lipinski definition) is 6. The van der Waals surface area contributed by atoms with Crippen molar-refractivity contribution < 1.29 is 13.0 Å². The van der Waals surface area contributed by atoms with Crippen LogP contribution in [0, 0.1) is 6.92 Å². The molecule has 2 unspecified atom stereocenters. The Hall–Kier alpha value is -2.10. The van der Waals surface area contributed by atoms with Crippen LogP contribution in [0.1, 0.15) is 42.8 Å². The topological polar surface area (TPSA) is 82.5 Å². The van der Waals surface area contributed by atoms with Crippen LogP contribution in [0.15, 0.2) is 71.1 Å². The van der Waals surface area contributed by atoms with Crippen molar-refractivity contribution in [2.24, 2.45) is 0 Å². The second kappa shape index (κ2) is 11.4. The van der Waals surface area contributed by atoms with E-state index < -0.39 is 10.1 Å². The van der Waals surface area contributed by atoms with Gasteiger partial charge in [0.05, 0.1) is 16.5 Å². The molecule has 2 aromatic carbocycles. The summed E-state index contributed by atoms with van der Waals surface area (Å²) < 4.78 is 29.6. The van der Waals surface area contributed by atoms with Crippen molar-refractivity contribution in [1.29, 1.82) is 0 Å². The van der Waals surface area contributed by atoms with Crippen molar-refractivity contribution in [2.75, 3.05) is 19.6 Å². The first-order valence-corrected chi connectivity index (χ1v) is 13.6. The van der Waals surface area contributed by atoms with E-state index in [1.165, 1.54) is 22.7 Å². The van der Waals surface area contributed by atoms with Gasteiger partial charge >= 0.3 is 0 Å². The summed E-state index contributed by atoms with van der Waals surface area (Å²) in [5.74, 6) is 0. The molecule has 0 radical (unpaired) electrons. The van der Waals surface area contributed by atoms with Gasteiger partial charge in [0, 0.05) is 11.6 Å². The Bertz CT molecular complexity index is 1080. The summed E-state index contributed by atoms with van der Waals surface area (Å²) in [6, 6.07) is 16.9. The number of benzene rings is 2. The molecule has 1 aromatic heterocycles. The highest BCUT2D eigenvalue weighted by Crippen LogP contribution is 2.43. The van der Waals surface area contributed by atoms with Gasteiger partial charge in [-0.2, -0.15) is 8.42 Å². The van der Waals surface area contributed by atoms with E-state index >= 15 is 0 Å². The standard InChI is InChI=1S/C18H25N3S.C7H8O3S/c1-3-21(4-2)16-14-18(10-11-19-16,17-20-12-13-22-17)15-8-6-5-7-9-15;1-6-2-4-7(5-3-6)11(8,9)10/h5-9,12-13,16,19H,3-4,10-11,14H2,1-2H3;2-5H,1H3,(H,8,9,10). The first kappa shape index (κ1) is 25.5. The largest absolute Gasteiger partial charge is 0.302 e. The highest BCUT2D eigenvalue weighted by molar-refractivity contribution is 7.85. The maximum Gasteiger partial charge on any atom is 0.294 e. The molecule has 178 valence electrons. The molecule has 2 atom stereocenters. The van der Waals surface area contributed by atoms with Crippen molar-refractivity contribution >= 4 is 21.5 Å². The highest BCUT2D eigenvalue weighted by atomic mass is 32.2. The molecule has 4 rings (SSSR count). The van der Waals surface area contributed by atoms with Crippen molar-refractivity contribution in [1.82, 2.24) is 15.2 Å². The lowest BCUT2D eigenvalue weighted by Gasteiger charge is -2.44. The van der Waals surface area contributed by atoms with Gasteiger partial charge in [-0.1, -0.05) is 61.9 Å². The Morgan fingerprint density at radius 1 is 1.12 bits per heavy atom. The summed E-state index contributed by atoms with van der Waals surface area (Å²) in [6.07, 6.45) is 4.57. The number of nitrogens with one attached hydrogen (secondary N) is 1. The Morgan fingerprint density at radius 2 is 1.79 bits per heavy atom. The van der Waals surface area contributed by atoms with Gasteiger partial charge in [0.15, 0.2) is 0 Å². The predicted molar refractivity (Wildman–Crippen MR) is 134 cm³/mol. The molecule has 8 heteroatoms. The van der Waals surface area contributed by atoms with Gasteiger partial charge in [0.25, 0.3) is 10.1 Å². The average Bonchev–Trinajstić information content (AvgIpc) is 3.36. The summed E-state index contributed by atoms with van der Waals surface area (Å²) in [4.78, 5) is 7.16. The van der Waals surface area contributed by atoms with Crippen molar-refractivity contribution in [3.63, 3.8) is 0 Å². The zero-order valence-corrected chi connectivity index (χ0v) is 21.1. The smallest absolute Gasteiger partial charge is 0.294 e. The Labute approximate surface area is 201 Å². The second-order valence-corrected chi connectivity index (χ2v) is 10.5. The van der Waals surface area contributed by atoms with Crippen LogP contribution >= 0.6 is 11.3 Å². The Balaban J connectivity index is 0.000000235. The van der Waals surface area contributed by atoms with Crippen LogP contribution in [-0.2, 0) is 15.5 Å². The Morgan fingerprint density at radius 3 is 2.33 bits per heavy atom. The van der Waals surface area contributed by atoms with Crippen LogP contribution in [0.2, 0.25) is 0 Å². The van der Waals surface area contributed by atoms with Crippen LogP contribution in [0.4, 0.5) is 0 Å². The van der Waals surface area contributed by atoms with E-state index in [-0.39, 0.29) is 10.3 Å². The molecule has 0 spiro atoms. The fraction of sp³-hybridized carbons (Fsp3) is 0.400. The van der Waals surface area contributed by atoms with E-state index in [2.05, 4.69) is 59.8 Å². The first-order chi connectivity index (χ1) is 15.8. The number of aryl methyl sites for hydroxylation is 1. The number of aromatic nitrogens is 1. The highest BCUT2D eigenvalue weighted by Gasteiger charge is 2.42. The normalized spacial score (nSPS) is 20.8. The van der Waals surface area contributed by atoms with Crippen LogP contribution in [0.3, 0.4) is 0 Å². The fourth-order valence-electron chi connectivity index (χ4n) is 4.39. The molecule has 6 nitrogen and oxygen atoms in total. The summed E-state index contributed by atoms with van der Waals surface area (Å²) in [6.45, 7) is 9.53. The molecule has 0 bridgehead atoms. The number of thiazole rings is 1. The quantitative estimate of drug-likeness (QED) is 0.490. The molecule has 2 heterocycles. The van der Waals surface area contributed by atoms with Crippen LogP contribution in [0.5, 0.6) is 0 Å². The van der Waals surface area contributed by atoms with Gasteiger partial charge in [-0.25, -0.2) is 4.98 Å². The molecule has 1 aliphatic heterocycles. The second-order valence-electron chi connectivity index (χ2n) is 8.22. The average molecular weight is 488 g/mol.